The van der Waals surface area contributed by atoms with Crippen LogP contribution in [0.3, 0.4) is 0 Å². The molecule has 1 heterocycles. The molecule has 1 fully saturated rings. The van der Waals surface area contributed by atoms with Gasteiger partial charge in [-0.25, -0.2) is 4.79 Å². The normalized spacial score (nSPS) is 23.0. The number of nitrogens with one attached hydrogen (secondary N) is 2. The SMILES string of the molecule is O=C1NCC(=NO)N1. The Morgan fingerprint density at radius 2 is 2.50 bits per heavy atom. The quantitative estimate of drug-likeness (QED) is 0.282. The molecule has 1 saturated heterocycles. The molecule has 0 spiro atoms. The zero-order chi connectivity index (χ0) is 5.98. The lowest BCUT2D eigenvalue weighted by Gasteiger charge is -1.83. The molecule has 0 radical (unpaired) electrons. The summed E-state index contributed by atoms with van der Waals surface area (Å²) in [7, 11) is 0. The third-order valence-electron chi connectivity index (χ3n) is 0.795. The summed E-state index contributed by atoms with van der Waals surface area (Å²) in [4.78, 5) is 10.2. The van der Waals surface area contributed by atoms with Crippen molar-refractivity contribution in [3.8, 4) is 0 Å². The summed E-state index contributed by atoms with van der Waals surface area (Å²) in [5.41, 5.74) is 0. The fourth-order valence-electron chi connectivity index (χ4n) is 0.444. The van der Waals surface area contributed by atoms with E-state index in [1.165, 1.54) is 0 Å². The second-order valence-corrected chi connectivity index (χ2v) is 1.35. The average molecular weight is 115 g/mol. The Morgan fingerprint density at radius 3 is 2.75 bits per heavy atom. The summed E-state index contributed by atoms with van der Waals surface area (Å²) in [6.45, 7) is 0.287. The highest BCUT2D eigenvalue weighted by Crippen LogP contribution is 1.78. The van der Waals surface area contributed by atoms with Gasteiger partial charge < -0.3 is 10.5 Å². The summed E-state index contributed by atoms with van der Waals surface area (Å²) in [5, 5.41) is 15.4. The number of oxime groups is 1. The van der Waals surface area contributed by atoms with Crippen LogP contribution in [0.15, 0.2) is 5.16 Å². The topological polar surface area (TPSA) is 73.7 Å². The van der Waals surface area contributed by atoms with Gasteiger partial charge in [0.1, 0.15) is 0 Å². The monoisotopic (exact) mass is 115 g/mol. The second kappa shape index (κ2) is 1.69. The Morgan fingerprint density at radius 1 is 1.75 bits per heavy atom. The minimum Gasteiger partial charge on any atom is -0.409 e. The van der Waals surface area contributed by atoms with E-state index in [0.29, 0.717) is 0 Å². The Bertz CT molecular complexity index is 141. The lowest BCUT2D eigenvalue weighted by atomic mass is 10.6. The fraction of sp³-hybridized carbons (Fsp3) is 0.333. The largest absolute Gasteiger partial charge is 0.409 e. The standard InChI is InChI=1S/C3H5N3O2/c7-3-4-1-2(5-3)6-8/h8H,1H2,(H2,4,5,6,7). The van der Waals surface area contributed by atoms with Crippen molar-refractivity contribution in [2.24, 2.45) is 5.16 Å². The van der Waals surface area contributed by atoms with E-state index in [0.717, 1.165) is 0 Å². The highest BCUT2D eigenvalue weighted by Gasteiger charge is 2.13. The molecular formula is C3H5N3O2. The Balaban J connectivity index is 2.56. The molecule has 8 heavy (non-hydrogen) atoms. The molecule has 0 saturated carbocycles. The maximum absolute atomic E-state index is 10.2. The van der Waals surface area contributed by atoms with Gasteiger partial charge in [0.05, 0.1) is 6.54 Å². The first-order chi connectivity index (χ1) is 3.83. The number of carbonyl (C=O) groups excluding carboxylic acids is 1. The van der Waals surface area contributed by atoms with Crippen LogP contribution in [0.5, 0.6) is 0 Å². The van der Waals surface area contributed by atoms with Crippen molar-refractivity contribution in [1.82, 2.24) is 10.6 Å². The van der Waals surface area contributed by atoms with Gasteiger partial charge in [0.2, 0.25) is 0 Å². The lowest BCUT2D eigenvalue weighted by Crippen LogP contribution is -2.22. The minimum atomic E-state index is -0.321. The second-order valence-electron chi connectivity index (χ2n) is 1.35. The summed E-state index contributed by atoms with van der Waals surface area (Å²) in [6, 6.07) is -0.321. The number of nitrogens with zero attached hydrogens (tertiary/aromatic N) is 1. The van der Waals surface area contributed by atoms with Crippen molar-refractivity contribution in [2.75, 3.05) is 6.54 Å². The van der Waals surface area contributed by atoms with Gasteiger partial charge in [-0.1, -0.05) is 5.16 Å². The Labute approximate surface area is 45.4 Å². The molecule has 0 aromatic carbocycles. The van der Waals surface area contributed by atoms with Gasteiger partial charge in [-0.15, -0.1) is 0 Å². The minimum absolute atomic E-state index is 0.259. The molecular weight excluding hydrogens is 110 g/mol. The van der Waals surface area contributed by atoms with Crippen LogP contribution in [-0.2, 0) is 0 Å². The zero-order valence-electron chi connectivity index (χ0n) is 4.01. The number of hydrogen-bond acceptors (Lipinski definition) is 3. The van der Waals surface area contributed by atoms with Crippen molar-refractivity contribution in [1.29, 1.82) is 0 Å². The van der Waals surface area contributed by atoms with Crippen molar-refractivity contribution in [2.45, 2.75) is 0 Å². The molecule has 44 valence electrons. The van der Waals surface area contributed by atoms with E-state index in [9.17, 15) is 4.79 Å². The van der Waals surface area contributed by atoms with Gasteiger partial charge in [-0.3, -0.25) is 5.32 Å². The molecule has 0 aromatic heterocycles. The van der Waals surface area contributed by atoms with E-state index in [1.807, 2.05) is 0 Å². The number of carbonyl (C=O) groups is 1. The van der Waals surface area contributed by atoms with Crippen LogP contribution in [0.25, 0.3) is 0 Å². The van der Waals surface area contributed by atoms with Crippen LogP contribution >= 0.6 is 0 Å². The van der Waals surface area contributed by atoms with Crippen molar-refractivity contribution in [3.63, 3.8) is 0 Å². The molecule has 0 atom stereocenters. The number of urea groups is 1. The molecule has 0 bridgehead atoms. The van der Waals surface area contributed by atoms with Crippen LogP contribution < -0.4 is 10.6 Å². The van der Waals surface area contributed by atoms with E-state index in [-0.39, 0.29) is 18.4 Å². The first kappa shape index (κ1) is 4.89. The van der Waals surface area contributed by atoms with E-state index in [4.69, 9.17) is 5.21 Å². The highest BCUT2D eigenvalue weighted by atomic mass is 16.4. The van der Waals surface area contributed by atoms with Gasteiger partial charge in [0.25, 0.3) is 0 Å². The third kappa shape index (κ3) is 0.699. The molecule has 2 amide bonds. The maximum Gasteiger partial charge on any atom is 0.320 e. The van der Waals surface area contributed by atoms with E-state index in [2.05, 4.69) is 15.8 Å². The molecule has 3 N–H and O–H groups in total. The fourth-order valence-corrected chi connectivity index (χ4v) is 0.444. The van der Waals surface area contributed by atoms with Gasteiger partial charge in [-0.05, 0) is 0 Å². The van der Waals surface area contributed by atoms with E-state index >= 15 is 0 Å². The van der Waals surface area contributed by atoms with E-state index in [1.54, 1.807) is 0 Å². The molecule has 1 rings (SSSR count). The first-order valence-corrected chi connectivity index (χ1v) is 2.08. The summed E-state index contributed by atoms with van der Waals surface area (Å²) in [5.74, 6) is 0.259. The van der Waals surface area contributed by atoms with Gasteiger partial charge in [-0.2, -0.15) is 0 Å². The molecule has 1 aliphatic rings. The molecule has 1 aliphatic heterocycles. The van der Waals surface area contributed by atoms with Crippen molar-refractivity contribution < 1.29 is 10.0 Å². The van der Waals surface area contributed by atoms with Crippen LogP contribution in [0.2, 0.25) is 0 Å². The first-order valence-electron chi connectivity index (χ1n) is 2.08. The molecule has 5 heteroatoms. The average Bonchev–Trinajstić information content (AvgIpc) is 2.14. The lowest BCUT2D eigenvalue weighted by molar-refractivity contribution is 0.249. The van der Waals surface area contributed by atoms with E-state index < -0.39 is 0 Å². The molecule has 0 aromatic rings. The summed E-state index contributed by atoms with van der Waals surface area (Å²) in [6.07, 6.45) is 0. The highest BCUT2D eigenvalue weighted by molar-refractivity contribution is 6.04. The van der Waals surface area contributed by atoms with Gasteiger partial charge >= 0.3 is 6.03 Å². The van der Waals surface area contributed by atoms with Crippen LogP contribution in [0, 0.1) is 0 Å². The Kier molecular flexibility index (Phi) is 1.03. The number of amidine groups is 1. The number of hydrogen-bond donors (Lipinski definition) is 3. The zero-order valence-corrected chi connectivity index (χ0v) is 4.01. The van der Waals surface area contributed by atoms with Gasteiger partial charge in [0, 0.05) is 0 Å². The van der Waals surface area contributed by atoms with Crippen LogP contribution in [-0.4, -0.2) is 23.6 Å². The predicted octanol–water partition coefficient (Wildman–Crippen LogP) is -0.913. The number of amides is 2. The third-order valence-corrected chi connectivity index (χ3v) is 0.795. The van der Waals surface area contributed by atoms with Crippen LogP contribution in [0.4, 0.5) is 4.79 Å². The summed E-state index contributed by atoms with van der Waals surface area (Å²) < 4.78 is 0. The van der Waals surface area contributed by atoms with Crippen molar-refractivity contribution >= 4 is 11.9 Å². The molecule has 0 unspecified atom stereocenters. The predicted molar refractivity (Wildman–Crippen MR) is 25.8 cm³/mol. The van der Waals surface area contributed by atoms with Crippen LogP contribution in [0.1, 0.15) is 0 Å². The van der Waals surface area contributed by atoms with Crippen molar-refractivity contribution in [3.05, 3.63) is 0 Å². The number of rotatable bonds is 0. The smallest absolute Gasteiger partial charge is 0.320 e. The summed E-state index contributed by atoms with van der Waals surface area (Å²) >= 11 is 0. The van der Waals surface area contributed by atoms with Gasteiger partial charge in [0.15, 0.2) is 5.84 Å². The Hall–Kier alpha value is -1.26. The molecule has 5 nitrogen and oxygen atoms in total. The maximum atomic E-state index is 10.2. The molecule has 0 aliphatic carbocycles.